The van der Waals surface area contributed by atoms with E-state index in [4.69, 9.17) is 4.74 Å². The van der Waals surface area contributed by atoms with Gasteiger partial charge < -0.3 is 4.74 Å². The van der Waals surface area contributed by atoms with Gasteiger partial charge in [0.25, 0.3) is 17.7 Å². The summed E-state index contributed by atoms with van der Waals surface area (Å²) in [6.07, 6.45) is 3.05. The Morgan fingerprint density at radius 2 is 1.84 bits per heavy atom. The summed E-state index contributed by atoms with van der Waals surface area (Å²) in [7, 11) is 0. The Morgan fingerprint density at radius 3 is 2.42 bits per heavy atom. The summed E-state index contributed by atoms with van der Waals surface area (Å²) in [6, 6.07) is 0. The first kappa shape index (κ1) is 13.4. The van der Waals surface area contributed by atoms with E-state index in [-0.39, 0.29) is 24.1 Å². The maximum atomic E-state index is 11.2. The summed E-state index contributed by atoms with van der Waals surface area (Å²) in [6.45, 7) is 0.652. The minimum atomic E-state index is -0.704. The highest BCUT2D eigenvalue weighted by Crippen LogP contribution is 2.09. The Morgan fingerprint density at radius 1 is 1.16 bits per heavy atom. The van der Waals surface area contributed by atoms with Crippen molar-refractivity contribution in [3.63, 3.8) is 0 Å². The van der Waals surface area contributed by atoms with Crippen molar-refractivity contribution in [3.05, 3.63) is 12.2 Å². The van der Waals surface area contributed by atoms with Crippen molar-refractivity contribution in [3.8, 4) is 0 Å². The normalized spacial score (nSPS) is 22.5. The third-order valence-electron chi connectivity index (χ3n) is 2.92. The van der Waals surface area contributed by atoms with Gasteiger partial charge in [-0.25, -0.2) is 0 Å². The number of ether oxygens (including phenoxy) is 1. The maximum Gasteiger partial charge on any atom is 0.256 e. The molecule has 102 valence electrons. The van der Waals surface area contributed by atoms with Gasteiger partial charge in [0.05, 0.1) is 6.42 Å². The van der Waals surface area contributed by atoms with E-state index in [1.54, 1.807) is 0 Å². The topological polar surface area (TPSA) is 92.8 Å². The second-order valence-electron chi connectivity index (χ2n) is 4.34. The van der Waals surface area contributed by atoms with Gasteiger partial charge in [0, 0.05) is 25.3 Å². The van der Waals surface area contributed by atoms with Gasteiger partial charge >= 0.3 is 0 Å². The molecule has 1 N–H and O–H groups in total. The SMILES string of the molecule is O=C1CC(OCCCCN2C(=O)C=CC2=O)C(=O)N1. The fraction of sp³-hybridized carbons (Fsp3) is 0.500. The molecule has 2 aliphatic heterocycles. The molecule has 0 spiro atoms. The molecule has 2 aliphatic rings. The largest absolute Gasteiger partial charge is 0.368 e. The third kappa shape index (κ3) is 3.25. The summed E-state index contributed by atoms with van der Waals surface area (Å²) >= 11 is 0. The zero-order chi connectivity index (χ0) is 13.8. The molecule has 0 aromatic carbocycles. The molecule has 19 heavy (non-hydrogen) atoms. The molecule has 0 saturated carbocycles. The van der Waals surface area contributed by atoms with E-state index in [9.17, 15) is 19.2 Å². The monoisotopic (exact) mass is 266 g/mol. The zero-order valence-corrected chi connectivity index (χ0v) is 10.3. The number of hydrogen-bond donors (Lipinski definition) is 1. The van der Waals surface area contributed by atoms with Crippen LogP contribution >= 0.6 is 0 Å². The molecular weight excluding hydrogens is 252 g/mol. The molecule has 1 fully saturated rings. The van der Waals surface area contributed by atoms with Crippen LogP contribution in [0.15, 0.2) is 12.2 Å². The lowest BCUT2D eigenvalue weighted by molar-refractivity contribution is -0.137. The molecule has 7 nitrogen and oxygen atoms in total. The quantitative estimate of drug-likeness (QED) is 0.498. The number of amides is 4. The van der Waals surface area contributed by atoms with Gasteiger partial charge in [0.1, 0.15) is 6.10 Å². The first-order valence-electron chi connectivity index (χ1n) is 6.07. The Bertz CT molecular complexity index is 439. The van der Waals surface area contributed by atoms with E-state index in [1.807, 2.05) is 0 Å². The van der Waals surface area contributed by atoms with E-state index in [0.29, 0.717) is 26.0 Å². The van der Waals surface area contributed by atoms with Crippen LogP contribution in [-0.2, 0) is 23.9 Å². The summed E-state index contributed by atoms with van der Waals surface area (Å²) < 4.78 is 5.27. The Balaban J connectivity index is 1.60. The number of nitrogens with one attached hydrogen (secondary N) is 1. The van der Waals surface area contributed by atoms with Gasteiger partial charge in [0.15, 0.2) is 0 Å². The summed E-state index contributed by atoms with van der Waals surface area (Å²) in [5, 5.41) is 2.16. The maximum absolute atomic E-state index is 11.2. The highest BCUT2D eigenvalue weighted by atomic mass is 16.5. The standard InChI is InChI=1S/C12H14N2O5/c15-9-7-8(12(18)13-9)19-6-2-1-5-14-10(16)3-4-11(14)17/h3-4,8H,1-2,5-7H2,(H,13,15,18). The van der Waals surface area contributed by atoms with Gasteiger partial charge in [-0.3, -0.25) is 29.4 Å². The predicted octanol–water partition coefficient (Wildman–Crippen LogP) is -0.877. The molecule has 0 aromatic rings. The lowest BCUT2D eigenvalue weighted by atomic mass is 10.3. The van der Waals surface area contributed by atoms with Crippen LogP contribution in [-0.4, -0.2) is 47.8 Å². The minimum absolute atomic E-state index is 0.0614. The fourth-order valence-electron chi connectivity index (χ4n) is 1.91. The number of imide groups is 2. The lowest BCUT2D eigenvalue weighted by Gasteiger charge is -2.13. The van der Waals surface area contributed by atoms with Crippen LogP contribution in [0.4, 0.5) is 0 Å². The average Bonchev–Trinajstić information content (AvgIpc) is 2.84. The number of carbonyl (C=O) groups is 4. The summed E-state index contributed by atoms with van der Waals surface area (Å²) in [5.74, 6) is -1.33. The number of hydrogen-bond acceptors (Lipinski definition) is 5. The van der Waals surface area contributed by atoms with Crippen molar-refractivity contribution in [2.75, 3.05) is 13.2 Å². The Labute approximate surface area is 109 Å². The smallest absolute Gasteiger partial charge is 0.256 e. The number of unbranched alkanes of at least 4 members (excludes halogenated alkanes) is 1. The van der Waals surface area contributed by atoms with Crippen LogP contribution in [0.1, 0.15) is 19.3 Å². The molecule has 1 saturated heterocycles. The van der Waals surface area contributed by atoms with Crippen LogP contribution in [0.25, 0.3) is 0 Å². The molecule has 1 unspecified atom stereocenters. The van der Waals surface area contributed by atoms with Gasteiger partial charge in [-0.2, -0.15) is 0 Å². The Kier molecular flexibility index (Phi) is 4.06. The Hall–Kier alpha value is -2.02. The van der Waals surface area contributed by atoms with Crippen molar-refractivity contribution in [1.29, 1.82) is 0 Å². The molecular formula is C12H14N2O5. The van der Waals surface area contributed by atoms with E-state index in [1.165, 1.54) is 12.2 Å². The molecule has 0 bridgehead atoms. The molecule has 2 heterocycles. The first-order valence-corrected chi connectivity index (χ1v) is 6.07. The van der Waals surface area contributed by atoms with Crippen LogP contribution in [0.5, 0.6) is 0 Å². The van der Waals surface area contributed by atoms with Crippen LogP contribution in [0.3, 0.4) is 0 Å². The van der Waals surface area contributed by atoms with Crippen LogP contribution < -0.4 is 5.32 Å². The highest BCUT2D eigenvalue weighted by Gasteiger charge is 2.31. The van der Waals surface area contributed by atoms with Crippen molar-refractivity contribution in [2.24, 2.45) is 0 Å². The highest BCUT2D eigenvalue weighted by molar-refractivity contribution is 6.12. The van der Waals surface area contributed by atoms with Crippen molar-refractivity contribution < 1.29 is 23.9 Å². The molecule has 0 radical (unpaired) electrons. The first-order chi connectivity index (χ1) is 9.08. The summed E-state index contributed by atoms with van der Waals surface area (Å²) in [4.78, 5) is 45.7. The lowest BCUT2D eigenvalue weighted by Crippen LogP contribution is -2.31. The van der Waals surface area contributed by atoms with Crippen LogP contribution in [0.2, 0.25) is 0 Å². The molecule has 4 amide bonds. The molecule has 2 rings (SSSR count). The number of carbonyl (C=O) groups excluding carboxylic acids is 4. The van der Waals surface area contributed by atoms with E-state index in [0.717, 1.165) is 4.90 Å². The number of nitrogens with zero attached hydrogens (tertiary/aromatic N) is 1. The second-order valence-corrected chi connectivity index (χ2v) is 4.34. The summed E-state index contributed by atoms with van der Waals surface area (Å²) in [5.41, 5.74) is 0. The van der Waals surface area contributed by atoms with Crippen molar-refractivity contribution >= 4 is 23.6 Å². The van der Waals surface area contributed by atoms with E-state index in [2.05, 4.69) is 5.32 Å². The van der Waals surface area contributed by atoms with Gasteiger partial charge in [-0.05, 0) is 12.8 Å². The fourth-order valence-corrected chi connectivity index (χ4v) is 1.91. The second kappa shape index (κ2) is 5.75. The predicted molar refractivity (Wildman–Crippen MR) is 62.6 cm³/mol. The van der Waals surface area contributed by atoms with Gasteiger partial charge in [-0.1, -0.05) is 0 Å². The molecule has 0 aliphatic carbocycles. The van der Waals surface area contributed by atoms with E-state index >= 15 is 0 Å². The zero-order valence-electron chi connectivity index (χ0n) is 10.3. The molecule has 7 heteroatoms. The van der Waals surface area contributed by atoms with E-state index < -0.39 is 12.0 Å². The average molecular weight is 266 g/mol. The van der Waals surface area contributed by atoms with Crippen molar-refractivity contribution in [2.45, 2.75) is 25.4 Å². The van der Waals surface area contributed by atoms with Gasteiger partial charge in [-0.15, -0.1) is 0 Å². The minimum Gasteiger partial charge on any atom is -0.368 e. The third-order valence-corrected chi connectivity index (χ3v) is 2.92. The van der Waals surface area contributed by atoms with Crippen LogP contribution in [0, 0.1) is 0 Å². The van der Waals surface area contributed by atoms with Gasteiger partial charge in [0.2, 0.25) is 5.91 Å². The molecule has 1 atom stereocenters. The molecule has 0 aromatic heterocycles. The van der Waals surface area contributed by atoms with Crippen molar-refractivity contribution in [1.82, 2.24) is 10.2 Å². The number of rotatable bonds is 6.